The van der Waals surface area contributed by atoms with Crippen LogP contribution in [0.25, 0.3) is 0 Å². The second-order valence-corrected chi connectivity index (χ2v) is 7.23. The number of hydrogen-bond acceptors (Lipinski definition) is 3. The number of aryl methyl sites for hydroxylation is 1. The molecule has 1 heterocycles. The van der Waals surface area contributed by atoms with Gasteiger partial charge in [0.1, 0.15) is 0 Å². The van der Waals surface area contributed by atoms with Gasteiger partial charge in [0.15, 0.2) is 0 Å². The van der Waals surface area contributed by atoms with E-state index in [2.05, 4.69) is 12.2 Å². The third-order valence-corrected chi connectivity index (χ3v) is 4.87. The van der Waals surface area contributed by atoms with E-state index in [1.54, 1.807) is 0 Å². The number of rotatable bonds is 5. The fourth-order valence-corrected chi connectivity index (χ4v) is 2.63. The van der Waals surface area contributed by atoms with Crippen molar-refractivity contribution < 1.29 is 14.1 Å². The van der Waals surface area contributed by atoms with Crippen LogP contribution in [-0.4, -0.2) is 30.8 Å². The topological polar surface area (TPSA) is 47.6 Å². The van der Waals surface area contributed by atoms with Crippen molar-refractivity contribution in [3.63, 3.8) is 0 Å². The predicted octanol–water partition coefficient (Wildman–Crippen LogP) is 2.82. The Morgan fingerprint density at radius 1 is 1.17 bits per heavy atom. The Hall–Kier alpha value is -1.33. The first-order valence-corrected chi connectivity index (χ1v) is 8.43. The highest BCUT2D eigenvalue weighted by Crippen LogP contribution is 2.36. The molecule has 23 heavy (non-hydrogen) atoms. The third kappa shape index (κ3) is 3.61. The monoisotopic (exact) mass is 317 g/mol. The molecule has 0 aromatic heterocycles. The molecule has 0 saturated carbocycles. The molecule has 1 saturated heterocycles. The number of unbranched alkanes of at least 4 members (excludes halogenated alkanes) is 1. The molecule has 0 spiro atoms. The van der Waals surface area contributed by atoms with Crippen LogP contribution in [0.4, 0.5) is 0 Å². The zero-order valence-electron chi connectivity index (χ0n) is 15.2. The molecule has 1 aromatic rings. The Morgan fingerprint density at radius 2 is 1.78 bits per heavy atom. The first kappa shape index (κ1) is 18.0. The number of amides is 1. The van der Waals surface area contributed by atoms with Gasteiger partial charge in [0.05, 0.1) is 11.2 Å². The van der Waals surface area contributed by atoms with Gasteiger partial charge in [0, 0.05) is 12.1 Å². The molecule has 1 N–H and O–H groups in total. The maximum atomic E-state index is 12.5. The van der Waals surface area contributed by atoms with Crippen LogP contribution in [-0.2, 0) is 9.31 Å². The van der Waals surface area contributed by atoms with Gasteiger partial charge in [-0.15, -0.1) is 0 Å². The van der Waals surface area contributed by atoms with Crippen molar-refractivity contribution >= 4 is 18.5 Å². The summed E-state index contributed by atoms with van der Waals surface area (Å²) in [7, 11) is -0.520. The highest BCUT2D eigenvalue weighted by atomic mass is 16.7. The SMILES string of the molecule is CCCCNC(=O)c1cccc(C)c1B1OC(C)(C)C(C)(C)O1. The summed E-state index contributed by atoms with van der Waals surface area (Å²) in [5, 5.41) is 2.98. The summed E-state index contributed by atoms with van der Waals surface area (Å²) in [6.07, 6.45) is 2.03. The normalized spacial score (nSPS) is 19.0. The molecule has 126 valence electrons. The summed E-state index contributed by atoms with van der Waals surface area (Å²) in [6, 6.07) is 5.73. The Balaban J connectivity index is 2.31. The minimum Gasteiger partial charge on any atom is -0.399 e. The Morgan fingerprint density at radius 3 is 2.35 bits per heavy atom. The van der Waals surface area contributed by atoms with E-state index in [4.69, 9.17) is 9.31 Å². The van der Waals surface area contributed by atoms with E-state index in [0.717, 1.165) is 23.9 Å². The summed E-state index contributed by atoms with van der Waals surface area (Å²) in [5.74, 6) is -0.0631. The van der Waals surface area contributed by atoms with Gasteiger partial charge in [-0.2, -0.15) is 0 Å². The molecule has 1 aliphatic heterocycles. The maximum Gasteiger partial charge on any atom is 0.495 e. The van der Waals surface area contributed by atoms with Gasteiger partial charge in [0.25, 0.3) is 5.91 Å². The van der Waals surface area contributed by atoms with Crippen LogP contribution in [0.15, 0.2) is 18.2 Å². The van der Waals surface area contributed by atoms with Gasteiger partial charge in [0.2, 0.25) is 0 Å². The van der Waals surface area contributed by atoms with Crippen molar-refractivity contribution in [2.45, 2.75) is 65.6 Å². The smallest absolute Gasteiger partial charge is 0.399 e. The third-order valence-electron chi connectivity index (χ3n) is 4.87. The zero-order chi connectivity index (χ0) is 17.3. The van der Waals surface area contributed by atoms with Gasteiger partial charge in [-0.25, -0.2) is 0 Å². The average molecular weight is 317 g/mol. The van der Waals surface area contributed by atoms with Gasteiger partial charge in [-0.05, 0) is 52.6 Å². The number of carbonyl (C=O) groups excluding carboxylic acids is 1. The molecular weight excluding hydrogens is 289 g/mol. The van der Waals surface area contributed by atoms with Gasteiger partial charge in [-0.3, -0.25) is 4.79 Å². The fourth-order valence-electron chi connectivity index (χ4n) is 2.63. The standard InChI is InChI=1S/C18H28BNO3/c1-7-8-12-20-16(21)14-11-9-10-13(2)15(14)19-22-17(3,4)18(5,6)23-19/h9-11H,7-8,12H2,1-6H3,(H,20,21). The van der Waals surface area contributed by atoms with Gasteiger partial charge >= 0.3 is 7.12 Å². The lowest BCUT2D eigenvalue weighted by Crippen LogP contribution is -2.42. The lowest BCUT2D eigenvalue weighted by molar-refractivity contribution is 0.00578. The van der Waals surface area contributed by atoms with Crippen molar-refractivity contribution in [2.75, 3.05) is 6.54 Å². The molecule has 2 rings (SSSR count). The first-order chi connectivity index (χ1) is 10.7. The van der Waals surface area contributed by atoms with E-state index in [1.165, 1.54) is 0 Å². The molecule has 1 fully saturated rings. The number of benzene rings is 1. The van der Waals surface area contributed by atoms with E-state index in [0.29, 0.717) is 12.1 Å². The quantitative estimate of drug-likeness (QED) is 0.671. The van der Waals surface area contributed by atoms with Crippen LogP contribution >= 0.6 is 0 Å². The van der Waals surface area contributed by atoms with Crippen molar-refractivity contribution in [1.82, 2.24) is 5.32 Å². The molecular formula is C18H28BNO3. The Labute approximate surface area is 140 Å². The molecule has 0 unspecified atom stereocenters. The van der Waals surface area contributed by atoms with Crippen LogP contribution < -0.4 is 10.8 Å². The van der Waals surface area contributed by atoms with E-state index in [9.17, 15) is 4.79 Å². The van der Waals surface area contributed by atoms with E-state index >= 15 is 0 Å². The molecule has 0 atom stereocenters. The molecule has 1 aliphatic rings. The summed E-state index contributed by atoms with van der Waals surface area (Å²) < 4.78 is 12.3. The van der Waals surface area contributed by atoms with Gasteiger partial charge < -0.3 is 14.6 Å². The molecule has 0 radical (unpaired) electrons. The summed E-state index contributed by atoms with van der Waals surface area (Å²) in [5.41, 5.74) is 1.64. The molecule has 1 aromatic carbocycles. The van der Waals surface area contributed by atoms with Crippen LogP contribution in [0, 0.1) is 6.92 Å². The summed E-state index contributed by atoms with van der Waals surface area (Å²) >= 11 is 0. The van der Waals surface area contributed by atoms with Crippen molar-refractivity contribution in [1.29, 1.82) is 0 Å². The highest BCUT2D eigenvalue weighted by molar-refractivity contribution is 6.64. The van der Waals surface area contributed by atoms with Crippen molar-refractivity contribution in [3.05, 3.63) is 29.3 Å². The lowest BCUT2D eigenvalue weighted by atomic mass is 9.73. The van der Waals surface area contributed by atoms with Crippen LogP contribution in [0.1, 0.15) is 63.4 Å². The summed E-state index contributed by atoms with van der Waals surface area (Å²) in [4.78, 5) is 12.5. The molecule has 5 heteroatoms. The lowest BCUT2D eigenvalue weighted by Gasteiger charge is -2.32. The molecule has 0 bridgehead atoms. The van der Waals surface area contributed by atoms with E-state index < -0.39 is 18.3 Å². The molecule has 4 nitrogen and oxygen atoms in total. The number of carbonyl (C=O) groups is 1. The van der Waals surface area contributed by atoms with Crippen LogP contribution in [0.3, 0.4) is 0 Å². The Kier molecular flexibility index (Phi) is 5.22. The number of hydrogen-bond donors (Lipinski definition) is 1. The summed E-state index contributed by atoms with van der Waals surface area (Å²) in [6.45, 7) is 12.9. The Bertz CT molecular complexity index is 568. The fraction of sp³-hybridized carbons (Fsp3) is 0.611. The van der Waals surface area contributed by atoms with Crippen LogP contribution in [0.5, 0.6) is 0 Å². The van der Waals surface area contributed by atoms with Crippen LogP contribution in [0.2, 0.25) is 0 Å². The minimum absolute atomic E-state index is 0.0631. The van der Waals surface area contributed by atoms with E-state index in [1.807, 2.05) is 52.8 Å². The zero-order valence-corrected chi connectivity index (χ0v) is 15.2. The molecule has 1 amide bonds. The first-order valence-electron chi connectivity index (χ1n) is 8.43. The molecule has 0 aliphatic carbocycles. The van der Waals surface area contributed by atoms with Gasteiger partial charge in [-0.1, -0.05) is 31.0 Å². The predicted molar refractivity (Wildman–Crippen MR) is 94.1 cm³/mol. The second kappa shape index (κ2) is 6.66. The average Bonchev–Trinajstić information content (AvgIpc) is 2.66. The minimum atomic E-state index is -0.520. The largest absolute Gasteiger partial charge is 0.495 e. The second-order valence-electron chi connectivity index (χ2n) is 7.23. The van der Waals surface area contributed by atoms with Crippen molar-refractivity contribution in [2.24, 2.45) is 0 Å². The number of nitrogens with one attached hydrogen (secondary N) is 1. The van der Waals surface area contributed by atoms with Crippen molar-refractivity contribution in [3.8, 4) is 0 Å². The maximum absolute atomic E-state index is 12.5. The van der Waals surface area contributed by atoms with E-state index in [-0.39, 0.29) is 5.91 Å². The highest BCUT2D eigenvalue weighted by Gasteiger charge is 2.52.